The summed E-state index contributed by atoms with van der Waals surface area (Å²) in [6.45, 7) is 36.3. The zero-order valence-corrected chi connectivity index (χ0v) is 33.7. The Morgan fingerprint density at radius 2 is 0.458 bits per heavy atom. The Balaban J connectivity index is 1.90. The molecular weight excluding hydrogens is 598 g/mol. The van der Waals surface area contributed by atoms with Crippen molar-refractivity contribution in [1.82, 2.24) is 21.3 Å². The standard InChI is InChI=1S/C42H72F2N4/c1-35(2)17-25(18-36(3,4)45-35)29-30(26-19-37(5,6)46-38(7,8)20-26)32(28-23-41(13,14)48-42(15,16)24-28)34(44)33(43)31(29)27-21-39(9,10)47-40(11,12)22-27/h25-28,45-48H,17-24H2,1-16H3. The molecule has 4 fully saturated rings. The lowest BCUT2D eigenvalue weighted by atomic mass is 9.61. The SMILES string of the molecule is CC1(C)CC(c2c(F)c(F)c(C3CC(C)(C)NC(C)(C)C3)c(C3CC(C)(C)NC(C)(C)C3)c2C2CC(C)(C)NC(C)(C)C2)CC(C)(C)N1. The Morgan fingerprint density at radius 1 is 0.312 bits per heavy atom. The van der Waals surface area contributed by atoms with Crippen molar-refractivity contribution < 1.29 is 8.78 Å². The number of hydrogen-bond acceptors (Lipinski definition) is 4. The minimum Gasteiger partial charge on any atom is -0.307 e. The Morgan fingerprint density at radius 3 is 0.625 bits per heavy atom. The number of piperidine rings is 4. The molecule has 4 aliphatic heterocycles. The maximum atomic E-state index is 17.7. The normalized spacial score (nSPS) is 29.9. The van der Waals surface area contributed by atoms with Crippen LogP contribution in [0.2, 0.25) is 0 Å². The Labute approximate surface area is 293 Å². The maximum Gasteiger partial charge on any atom is 0.162 e. The largest absolute Gasteiger partial charge is 0.307 e. The molecule has 0 spiro atoms. The van der Waals surface area contributed by atoms with Crippen LogP contribution in [0, 0.1) is 11.6 Å². The predicted molar refractivity (Wildman–Crippen MR) is 199 cm³/mol. The minimum absolute atomic E-state index is 0.0710. The summed E-state index contributed by atoms with van der Waals surface area (Å²) in [5.74, 6) is -1.01. The number of benzene rings is 1. The van der Waals surface area contributed by atoms with E-state index < -0.39 is 11.6 Å². The molecule has 4 heterocycles. The molecule has 0 atom stereocenters. The summed E-state index contributed by atoms with van der Waals surface area (Å²) in [6, 6.07) is 0. The van der Waals surface area contributed by atoms with Gasteiger partial charge < -0.3 is 21.3 Å². The van der Waals surface area contributed by atoms with Gasteiger partial charge in [0.2, 0.25) is 0 Å². The summed E-state index contributed by atoms with van der Waals surface area (Å²) >= 11 is 0. The van der Waals surface area contributed by atoms with Crippen molar-refractivity contribution in [2.75, 3.05) is 0 Å². The summed E-state index contributed by atoms with van der Waals surface area (Å²) in [4.78, 5) is 0. The van der Waals surface area contributed by atoms with E-state index in [1.54, 1.807) is 0 Å². The van der Waals surface area contributed by atoms with E-state index >= 15 is 8.78 Å². The van der Waals surface area contributed by atoms with E-state index in [-0.39, 0.29) is 68.0 Å². The van der Waals surface area contributed by atoms with Gasteiger partial charge in [-0.2, -0.15) is 0 Å². The average Bonchev–Trinajstić information content (AvgIpc) is 2.77. The van der Waals surface area contributed by atoms with E-state index in [2.05, 4.69) is 132 Å². The first kappa shape index (κ1) is 38.2. The van der Waals surface area contributed by atoms with Gasteiger partial charge in [0.05, 0.1) is 0 Å². The molecule has 1 aromatic rings. The van der Waals surface area contributed by atoms with Crippen molar-refractivity contribution in [2.24, 2.45) is 0 Å². The third-order valence-electron chi connectivity index (χ3n) is 11.9. The molecule has 0 aromatic heterocycles. The highest BCUT2D eigenvalue weighted by atomic mass is 19.2. The monoisotopic (exact) mass is 671 g/mol. The zero-order valence-electron chi connectivity index (χ0n) is 33.7. The molecule has 4 N–H and O–H groups in total. The Bertz CT molecular complexity index is 1230. The molecule has 0 aliphatic carbocycles. The molecule has 4 aliphatic rings. The molecule has 4 nitrogen and oxygen atoms in total. The average molecular weight is 671 g/mol. The van der Waals surface area contributed by atoms with Crippen LogP contribution in [0.25, 0.3) is 0 Å². The van der Waals surface area contributed by atoms with Gasteiger partial charge >= 0.3 is 0 Å². The van der Waals surface area contributed by atoms with Crippen molar-refractivity contribution in [1.29, 1.82) is 0 Å². The van der Waals surface area contributed by atoms with Crippen LogP contribution in [0.4, 0.5) is 8.78 Å². The highest BCUT2D eigenvalue weighted by molar-refractivity contribution is 5.52. The van der Waals surface area contributed by atoms with E-state index in [0.717, 1.165) is 51.4 Å². The summed E-state index contributed by atoms with van der Waals surface area (Å²) in [7, 11) is 0. The lowest BCUT2D eigenvalue weighted by molar-refractivity contribution is 0.141. The fraction of sp³-hybridized carbons (Fsp3) is 0.857. The van der Waals surface area contributed by atoms with Crippen LogP contribution >= 0.6 is 0 Å². The highest BCUT2D eigenvalue weighted by Gasteiger charge is 2.50. The van der Waals surface area contributed by atoms with Crippen molar-refractivity contribution in [2.45, 2.75) is 230 Å². The topological polar surface area (TPSA) is 48.1 Å². The molecule has 0 bridgehead atoms. The van der Waals surface area contributed by atoms with Crippen molar-refractivity contribution in [3.8, 4) is 0 Å². The van der Waals surface area contributed by atoms with Gasteiger partial charge in [-0.3, -0.25) is 0 Å². The molecule has 1 aromatic carbocycles. The first-order valence-electron chi connectivity index (χ1n) is 19.1. The second-order valence-corrected chi connectivity index (χ2v) is 22.3. The molecule has 6 heteroatoms. The van der Waals surface area contributed by atoms with Crippen LogP contribution in [0.1, 0.15) is 208 Å². The summed E-state index contributed by atoms with van der Waals surface area (Å²) in [5, 5.41) is 15.5. The Kier molecular flexibility index (Phi) is 9.32. The molecule has 274 valence electrons. The van der Waals surface area contributed by atoms with Gasteiger partial charge in [-0.25, -0.2) is 8.78 Å². The first-order chi connectivity index (χ1) is 21.4. The van der Waals surface area contributed by atoms with Gasteiger partial charge in [-0.05, 0) is 208 Å². The molecule has 48 heavy (non-hydrogen) atoms. The summed E-state index contributed by atoms with van der Waals surface area (Å²) in [5.41, 5.74) is 2.44. The molecule has 5 rings (SSSR count). The molecule has 0 radical (unpaired) electrons. The van der Waals surface area contributed by atoms with Gasteiger partial charge in [0.1, 0.15) is 0 Å². The van der Waals surface area contributed by atoms with Gasteiger partial charge in [0.25, 0.3) is 0 Å². The molecule has 0 amide bonds. The second kappa shape index (κ2) is 11.7. The summed E-state index contributed by atoms with van der Waals surface area (Å²) in [6.07, 6.45) is 6.75. The molecule has 4 saturated heterocycles. The molecular formula is C42H72F2N4. The molecule has 0 saturated carbocycles. The number of rotatable bonds is 4. The van der Waals surface area contributed by atoms with E-state index in [0.29, 0.717) is 11.1 Å². The van der Waals surface area contributed by atoms with Crippen LogP contribution in [0.3, 0.4) is 0 Å². The maximum absolute atomic E-state index is 17.7. The van der Waals surface area contributed by atoms with Gasteiger partial charge in [0, 0.05) is 44.3 Å². The van der Waals surface area contributed by atoms with Crippen LogP contribution in [0.15, 0.2) is 0 Å². The third kappa shape index (κ3) is 8.18. The third-order valence-corrected chi connectivity index (χ3v) is 11.9. The number of halogens is 2. The number of nitrogens with one attached hydrogen (secondary N) is 4. The van der Waals surface area contributed by atoms with Gasteiger partial charge in [-0.1, -0.05) is 0 Å². The first-order valence-corrected chi connectivity index (χ1v) is 19.1. The lowest BCUT2D eigenvalue weighted by Crippen LogP contribution is -2.59. The minimum atomic E-state index is -0.557. The van der Waals surface area contributed by atoms with E-state index in [4.69, 9.17) is 0 Å². The van der Waals surface area contributed by atoms with E-state index in [9.17, 15) is 0 Å². The number of hydrogen-bond donors (Lipinski definition) is 4. The second-order valence-electron chi connectivity index (χ2n) is 22.3. The van der Waals surface area contributed by atoms with Crippen LogP contribution in [-0.2, 0) is 0 Å². The predicted octanol–water partition coefficient (Wildman–Crippen LogP) is 10.1. The highest BCUT2D eigenvalue weighted by Crippen LogP contribution is 2.55. The fourth-order valence-electron chi connectivity index (χ4n) is 12.5. The van der Waals surface area contributed by atoms with Crippen molar-refractivity contribution in [3.63, 3.8) is 0 Å². The van der Waals surface area contributed by atoms with Gasteiger partial charge in [0.15, 0.2) is 11.6 Å². The zero-order chi connectivity index (χ0) is 36.3. The quantitative estimate of drug-likeness (QED) is 0.258. The smallest absolute Gasteiger partial charge is 0.162 e. The van der Waals surface area contributed by atoms with E-state index in [1.807, 2.05) is 0 Å². The fourth-order valence-corrected chi connectivity index (χ4v) is 12.5. The Hall–Kier alpha value is -1.08. The van der Waals surface area contributed by atoms with Crippen LogP contribution in [0.5, 0.6) is 0 Å². The molecule has 0 unspecified atom stereocenters. The van der Waals surface area contributed by atoms with Gasteiger partial charge in [-0.15, -0.1) is 0 Å². The summed E-state index contributed by atoms with van der Waals surface area (Å²) < 4.78 is 35.4. The lowest BCUT2D eigenvalue weighted by Gasteiger charge is -2.52. The van der Waals surface area contributed by atoms with Crippen LogP contribution in [-0.4, -0.2) is 44.3 Å². The van der Waals surface area contributed by atoms with E-state index in [1.165, 1.54) is 11.1 Å². The van der Waals surface area contributed by atoms with Crippen LogP contribution < -0.4 is 21.3 Å². The van der Waals surface area contributed by atoms with Crippen molar-refractivity contribution >= 4 is 0 Å². The van der Waals surface area contributed by atoms with Crippen molar-refractivity contribution in [3.05, 3.63) is 33.9 Å².